The highest BCUT2D eigenvalue weighted by Gasteiger charge is 2.30. The van der Waals surface area contributed by atoms with E-state index in [1.165, 1.54) is 32.8 Å². The molecule has 3 heteroatoms. The monoisotopic (exact) mass is 471 g/mol. The molecule has 0 saturated heterocycles. The van der Waals surface area contributed by atoms with Crippen molar-refractivity contribution in [2.24, 2.45) is 0 Å². The van der Waals surface area contributed by atoms with E-state index in [9.17, 15) is 0 Å². The van der Waals surface area contributed by atoms with Crippen molar-refractivity contribution in [1.82, 2.24) is 9.97 Å². The van der Waals surface area contributed by atoms with Gasteiger partial charge in [0.25, 0.3) is 0 Å². The average molecular weight is 472 g/mol. The predicted molar refractivity (Wildman–Crippen MR) is 154 cm³/mol. The number of fused-ring (bicyclic) bond motifs is 6. The standard InChI is InChI=1S/C34H21N3/c1-3-12-22(13-4-1)37(23-14-5-2-6-15-23)34-25-17-8-7-16-24(25)31-30-26(18-11-19-27(30)34)32-33(31)36-29-21-10-9-20-28(29)35-32/h1-21H. The summed E-state index contributed by atoms with van der Waals surface area (Å²) in [6.45, 7) is 0. The highest BCUT2D eigenvalue weighted by Crippen LogP contribution is 2.54. The Morgan fingerprint density at radius 2 is 0.973 bits per heavy atom. The third-order valence-electron chi connectivity index (χ3n) is 7.34. The van der Waals surface area contributed by atoms with Crippen LogP contribution in [0, 0.1) is 0 Å². The van der Waals surface area contributed by atoms with Crippen LogP contribution in [0.4, 0.5) is 17.1 Å². The summed E-state index contributed by atoms with van der Waals surface area (Å²) >= 11 is 0. The quantitative estimate of drug-likeness (QED) is 0.241. The van der Waals surface area contributed by atoms with Gasteiger partial charge in [-0.25, -0.2) is 9.97 Å². The van der Waals surface area contributed by atoms with Crippen molar-refractivity contribution in [1.29, 1.82) is 0 Å². The van der Waals surface area contributed by atoms with Crippen LogP contribution in [0.1, 0.15) is 0 Å². The smallest absolute Gasteiger partial charge is 0.0986 e. The van der Waals surface area contributed by atoms with Crippen LogP contribution in [-0.4, -0.2) is 9.97 Å². The zero-order valence-electron chi connectivity index (χ0n) is 20.0. The van der Waals surface area contributed by atoms with Gasteiger partial charge in [0.2, 0.25) is 0 Å². The van der Waals surface area contributed by atoms with Crippen molar-refractivity contribution >= 4 is 49.6 Å². The van der Waals surface area contributed by atoms with E-state index in [0.717, 1.165) is 39.4 Å². The number of hydrogen-bond acceptors (Lipinski definition) is 3. The lowest BCUT2D eigenvalue weighted by molar-refractivity contribution is 1.31. The largest absolute Gasteiger partial charge is 0.309 e. The summed E-state index contributed by atoms with van der Waals surface area (Å²) in [7, 11) is 0. The maximum Gasteiger partial charge on any atom is 0.0986 e. The zero-order valence-corrected chi connectivity index (χ0v) is 20.0. The Labute approximate surface area is 214 Å². The Morgan fingerprint density at radius 3 is 1.65 bits per heavy atom. The Morgan fingerprint density at radius 1 is 0.432 bits per heavy atom. The molecule has 0 saturated carbocycles. The Balaban J connectivity index is 1.55. The minimum Gasteiger partial charge on any atom is -0.309 e. The normalized spacial score (nSPS) is 11.8. The van der Waals surface area contributed by atoms with E-state index >= 15 is 0 Å². The fourth-order valence-corrected chi connectivity index (χ4v) is 5.81. The predicted octanol–water partition coefficient (Wildman–Crippen LogP) is 9.05. The van der Waals surface area contributed by atoms with Gasteiger partial charge in [-0.1, -0.05) is 91.0 Å². The third-order valence-corrected chi connectivity index (χ3v) is 7.34. The molecule has 0 amide bonds. The summed E-state index contributed by atoms with van der Waals surface area (Å²) in [6.07, 6.45) is 0. The SMILES string of the molecule is c1ccc(N(c2ccccc2)c2c3ccccc3c3c4c(cccc24)-c2nc4ccccc4nc2-3)cc1. The van der Waals surface area contributed by atoms with Crippen molar-refractivity contribution in [2.75, 3.05) is 4.90 Å². The van der Waals surface area contributed by atoms with Crippen LogP contribution in [0.3, 0.4) is 0 Å². The average Bonchev–Trinajstić information content (AvgIpc) is 3.29. The first-order valence-electron chi connectivity index (χ1n) is 12.5. The first-order valence-corrected chi connectivity index (χ1v) is 12.5. The summed E-state index contributed by atoms with van der Waals surface area (Å²) in [4.78, 5) is 12.7. The molecule has 1 heterocycles. The van der Waals surface area contributed by atoms with Crippen molar-refractivity contribution in [3.05, 3.63) is 127 Å². The number of aromatic nitrogens is 2. The maximum atomic E-state index is 5.16. The molecule has 0 spiro atoms. The second-order valence-corrected chi connectivity index (χ2v) is 9.41. The van der Waals surface area contributed by atoms with Gasteiger partial charge >= 0.3 is 0 Å². The fraction of sp³-hybridized carbons (Fsp3) is 0. The van der Waals surface area contributed by atoms with E-state index in [1.807, 2.05) is 24.3 Å². The number of hydrogen-bond donors (Lipinski definition) is 0. The molecule has 8 rings (SSSR count). The molecule has 172 valence electrons. The molecule has 1 aromatic heterocycles. The minimum absolute atomic E-state index is 0.922. The van der Waals surface area contributed by atoms with Gasteiger partial charge in [0.15, 0.2) is 0 Å². The molecule has 1 aliphatic carbocycles. The highest BCUT2D eigenvalue weighted by molar-refractivity contribution is 6.29. The van der Waals surface area contributed by atoms with E-state index in [4.69, 9.17) is 9.97 Å². The maximum absolute atomic E-state index is 5.16. The summed E-state index contributed by atoms with van der Waals surface area (Å²) < 4.78 is 0. The molecule has 6 aromatic carbocycles. The van der Waals surface area contributed by atoms with Gasteiger partial charge in [-0.15, -0.1) is 0 Å². The Kier molecular flexibility index (Phi) is 4.23. The van der Waals surface area contributed by atoms with Crippen LogP contribution >= 0.6 is 0 Å². The second-order valence-electron chi connectivity index (χ2n) is 9.41. The molecule has 0 bridgehead atoms. The molecule has 0 atom stereocenters. The summed E-state index contributed by atoms with van der Waals surface area (Å²) in [5.41, 5.74) is 9.52. The summed E-state index contributed by atoms with van der Waals surface area (Å²) in [6, 6.07) is 44.7. The van der Waals surface area contributed by atoms with Crippen molar-refractivity contribution < 1.29 is 0 Å². The summed E-state index contributed by atoms with van der Waals surface area (Å²) in [5, 5.41) is 4.80. The van der Waals surface area contributed by atoms with Crippen LogP contribution in [0.2, 0.25) is 0 Å². The lowest BCUT2D eigenvalue weighted by atomic mass is 9.93. The van der Waals surface area contributed by atoms with Crippen LogP contribution in [0.5, 0.6) is 0 Å². The minimum atomic E-state index is 0.922. The Bertz CT molecular complexity index is 1940. The summed E-state index contributed by atoms with van der Waals surface area (Å²) in [5.74, 6) is 0. The molecule has 0 radical (unpaired) electrons. The van der Waals surface area contributed by atoms with Gasteiger partial charge in [0.1, 0.15) is 0 Å². The molecule has 1 aliphatic rings. The topological polar surface area (TPSA) is 29.0 Å². The van der Waals surface area contributed by atoms with Gasteiger partial charge in [0.05, 0.1) is 28.1 Å². The number of benzene rings is 6. The number of nitrogens with zero attached hydrogens (tertiary/aromatic N) is 3. The van der Waals surface area contributed by atoms with Crippen molar-refractivity contribution in [3.8, 4) is 22.5 Å². The van der Waals surface area contributed by atoms with E-state index < -0.39 is 0 Å². The van der Waals surface area contributed by atoms with Gasteiger partial charge in [0, 0.05) is 38.7 Å². The van der Waals surface area contributed by atoms with E-state index in [0.29, 0.717) is 0 Å². The first kappa shape index (κ1) is 20.2. The number of anilines is 3. The molecule has 37 heavy (non-hydrogen) atoms. The number of para-hydroxylation sites is 4. The van der Waals surface area contributed by atoms with E-state index in [-0.39, 0.29) is 0 Å². The molecule has 0 unspecified atom stereocenters. The molecular weight excluding hydrogens is 450 g/mol. The van der Waals surface area contributed by atoms with Crippen LogP contribution in [0.25, 0.3) is 55.1 Å². The van der Waals surface area contributed by atoms with Crippen LogP contribution in [0.15, 0.2) is 127 Å². The highest BCUT2D eigenvalue weighted by atomic mass is 15.1. The van der Waals surface area contributed by atoms with Gasteiger partial charge in [-0.2, -0.15) is 0 Å². The van der Waals surface area contributed by atoms with Crippen LogP contribution in [-0.2, 0) is 0 Å². The second kappa shape index (κ2) is 7.74. The molecule has 0 fully saturated rings. The molecule has 0 N–H and O–H groups in total. The lowest BCUT2D eigenvalue weighted by Crippen LogP contribution is -2.11. The molecule has 3 nitrogen and oxygen atoms in total. The first-order chi connectivity index (χ1) is 18.4. The molecule has 0 aliphatic heterocycles. The third kappa shape index (κ3) is 2.88. The van der Waals surface area contributed by atoms with Gasteiger partial charge in [-0.3, -0.25) is 0 Å². The molecular formula is C34H21N3. The zero-order chi connectivity index (χ0) is 24.3. The van der Waals surface area contributed by atoms with Crippen molar-refractivity contribution in [3.63, 3.8) is 0 Å². The van der Waals surface area contributed by atoms with Gasteiger partial charge < -0.3 is 4.90 Å². The molecule has 7 aromatic rings. The number of rotatable bonds is 3. The van der Waals surface area contributed by atoms with Crippen LogP contribution < -0.4 is 4.90 Å². The van der Waals surface area contributed by atoms with E-state index in [2.05, 4.69) is 108 Å². The Hall–Kier alpha value is -5.02. The van der Waals surface area contributed by atoms with Gasteiger partial charge in [-0.05, 0) is 41.8 Å². The lowest BCUT2D eigenvalue weighted by Gasteiger charge is -2.29. The fourth-order valence-electron chi connectivity index (χ4n) is 5.81. The van der Waals surface area contributed by atoms with E-state index in [1.54, 1.807) is 0 Å². The van der Waals surface area contributed by atoms with Crippen molar-refractivity contribution in [2.45, 2.75) is 0 Å².